The molecular formula is C14H10N2O3S. The third-order valence-electron chi connectivity index (χ3n) is 2.89. The maximum absolute atomic E-state index is 12.4. The van der Waals surface area contributed by atoms with E-state index in [2.05, 4.69) is 10.2 Å². The summed E-state index contributed by atoms with van der Waals surface area (Å²) in [5, 5.41) is 17.5. The van der Waals surface area contributed by atoms with E-state index in [1.165, 1.54) is 30.3 Å². The highest BCUT2D eigenvalue weighted by Crippen LogP contribution is 2.22. The minimum absolute atomic E-state index is 0.00791. The predicted octanol–water partition coefficient (Wildman–Crippen LogP) is 2.17. The van der Waals surface area contributed by atoms with Crippen LogP contribution >= 0.6 is 0 Å². The summed E-state index contributed by atoms with van der Waals surface area (Å²) in [7, 11) is -3.73. The number of sulfone groups is 1. The number of aromatic hydroxyl groups is 1. The molecule has 100 valence electrons. The monoisotopic (exact) mass is 286 g/mol. The van der Waals surface area contributed by atoms with E-state index in [4.69, 9.17) is 0 Å². The fraction of sp³-hybridized carbons (Fsp3) is 0. The lowest BCUT2D eigenvalue weighted by atomic mass is 10.2. The van der Waals surface area contributed by atoms with E-state index < -0.39 is 9.84 Å². The quantitative estimate of drug-likeness (QED) is 0.781. The summed E-state index contributed by atoms with van der Waals surface area (Å²) in [5.74, 6) is 0.00791. The Bertz CT molecular complexity index is 874. The van der Waals surface area contributed by atoms with Gasteiger partial charge in [0.2, 0.25) is 9.84 Å². The van der Waals surface area contributed by atoms with Gasteiger partial charge in [0.1, 0.15) is 5.75 Å². The van der Waals surface area contributed by atoms with Gasteiger partial charge in [-0.15, -0.1) is 10.2 Å². The van der Waals surface area contributed by atoms with Crippen LogP contribution in [-0.4, -0.2) is 23.7 Å². The molecule has 3 rings (SSSR count). The number of aromatic nitrogens is 2. The molecule has 5 nitrogen and oxygen atoms in total. The molecule has 0 aliphatic rings. The van der Waals surface area contributed by atoms with Crippen LogP contribution in [0.3, 0.4) is 0 Å². The molecule has 0 saturated carbocycles. The molecule has 0 saturated heterocycles. The topological polar surface area (TPSA) is 80.2 Å². The number of nitrogens with zero attached hydrogens (tertiary/aromatic N) is 2. The average molecular weight is 286 g/mol. The normalized spacial score (nSPS) is 11.6. The van der Waals surface area contributed by atoms with Crippen molar-refractivity contribution >= 4 is 20.7 Å². The molecule has 0 aliphatic heterocycles. The first-order valence-corrected chi connectivity index (χ1v) is 7.32. The van der Waals surface area contributed by atoms with E-state index in [0.29, 0.717) is 10.9 Å². The lowest BCUT2D eigenvalue weighted by molar-refractivity contribution is 0.475. The van der Waals surface area contributed by atoms with Crippen LogP contribution in [0.5, 0.6) is 5.75 Å². The fourth-order valence-electron chi connectivity index (χ4n) is 1.84. The second-order valence-electron chi connectivity index (χ2n) is 4.24. The zero-order valence-electron chi connectivity index (χ0n) is 10.3. The third kappa shape index (κ3) is 2.10. The Kier molecular flexibility index (Phi) is 2.87. The second-order valence-corrected chi connectivity index (χ2v) is 6.14. The molecule has 0 aliphatic carbocycles. The van der Waals surface area contributed by atoms with Crippen molar-refractivity contribution in [2.75, 3.05) is 0 Å². The van der Waals surface area contributed by atoms with Crippen molar-refractivity contribution < 1.29 is 13.5 Å². The van der Waals surface area contributed by atoms with Crippen LogP contribution in [0.25, 0.3) is 10.9 Å². The smallest absolute Gasteiger partial charge is 0.225 e. The van der Waals surface area contributed by atoms with Crippen molar-refractivity contribution in [1.29, 1.82) is 0 Å². The zero-order chi connectivity index (χ0) is 14.2. The van der Waals surface area contributed by atoms with Crippen LogP contribution in [0.15, 0.2) is 64.5 Å². The Hall–Kier alpha value is -2.47. The number of hydrogen-bond acceptors (Lipinski definition) is 5. The number of phenolic OH excluding ortho intramolecular Hbond substituents is 1. The Labute approximate surface area is 115 Å². The Morgan fingerprint density at radius 3 is 2.35 bits per heavy atom. The third-order valence-corrected chi connectivity index (χ3v) is 4.54. The van der Waals surface area contributed by atoms with Crippen LogP contribution in [0.2, 0.25) is 0 Å². The van der Waals surface area contributed by atoms with Crippen molar-refractivity contribution in [3.8, 4) is 5.75 Å². The van der Waals surface area contributed by atoms with Crippen LogP contribution in [0.4, 0.5) is 0 Å². The molecular weight excluding hydrogens is 276 g/mol. The summed E-state index contributed by atoms with van der Waals surface area (Å²) >= 11 is 0. The van der Waals surface area contributed by atoms with Gasteiger partial charge in [0.15, 0.2) is 5.03 Å². The van der Waals surface area contributed by atoms with E-state index in [1.807, 2.05) is 6.07 Å². The largest absolute Gasteiger partial charge is 0.508 e. The summed E-state index contributed by atoms with van der Waals surface area (Å²) < 4.78 is 24.8. The first-order valence-electron chi connectivity index (χ1n) is 5.84. The van der Waals surface area contributed by atoms with E-state index in [1.54, 1.807) is 18.2 Å². The van der Waals surface area contributed by atoms with Crippen molar-refractivity contribution in [3.05, 3.63) is 54.6 Å². The van der Waals surface area contributed by atoms with Crippen molar-refractivity contribution in [1.82, 2.24) is 10.2 Å². The summed E-state index contributed by atoms with van der Waals surface area (Å²) in [5.41, 5.74) is 0.636. The molecule has 0 amide bonds. The molecule has 0 bridgehead atoms. The zero-order valence-corrected chi connectivity index (χ0v) is 11.1. The summed E-state index contributed by atoms with van der Waals surface area (Å²) in [4.78, 5) is 0.0693. The van der Waals surface area contributed by atoms with Crippen LogP contribution < -0.4 is 0 Å². The summed E-state index contributed by atoms with van der Waals surface area (Å²) in [6.07, 6.45) is 0. The van der Waals surface area contributed by atoms with Gasteiger partial charge in [0, 0.05) is 5.39 Å². The van der Waals surface area contributed by atoms with Crippen LogP contribution in [0.1, 0.15) is 0 Å². The molecule has 0 fully saturated rings. The van der Waals surface area contributed by atoms with Gasteiger partial charge in [-0.3, -0.25) is 0 Å². The van der Waals surface area contributed by atoms with Crippen LogP contribution in [-0.2, 0) is 9.84 Å². The molecule has 1 N–H and O–H groups in total. The number of benzene rings is 2. The maximum Gasteiger partial charge on any atom is 0.225 e. The fourth-order valence-corrected chi connectivity index (χ4v) is 3.01. The molecule has 1 heterocycles. The van der Waals surface area contributed by atoms with Gasteiger partial charge >= 0.3 is 0 Å². The number of phenols is 1. The standard InChI is InChI=1S/C14H10N2O3S/c17-11-5-7-12(8-6-11)20(18,19)14-9-10-3-1-2-4-13(10)15-16-14/h1-9,17H. The molecule has 2 aromatic carbocycles. The molecule has 20 heavy (non-hydrogen) atoms. The van der Waals surface area contributed by atoms with Gasteiger partial charge in [0.25, 0.3) is 0 Å². The second kappa shape index (κ2) is 4.57. The van der Waals surface area contributed by atoms with Gasteiger partial charge < -0.3 is 5.11 Å². The van der Waals surface area contributed by atoms with E-state index in [0.717, 1.165) is 0 Å². The first-order chi connectivity index (χ1) is 9.57. The highest BCUT2D eigenvalue weighted by atomic mass is 32.2. The van der Waals surface area contributed by atoms with Gasteiger partial charge in [-0.1, -0.05) is 18.2 Å². The van der Waals surface area contributed by atoms with E-state index in [9.17, 15) is 13.5 Å². The highest BCUT2D eigenvalue weighted by Gasteiger charge is 2.20. The maximum atomic E-state index is 12.4. The number of hydrogen-bond donors (Lipinski definition) is 1. The molecule has 0 spiro atoms. The number of rotatable bonds is 2. The van der Waals surface area contributed by atoms with Gasteiger partial charge in [-0.05, 0) is 36.4 Å². The molecule has 0 radical (unpaired) electrons. The number of fused-ring (bicyclic) bond motifs is 1. The summed E-state index contributed by atoms with van der Waals surface area (Å²) in [6, 6.07) is 14.0. The Morgan fingerprint density at radius 2 is 1.60 bits per heavy atom. The highest BCUT2D eigenvalue weighted by molar-refractivity contribution is 7.91. The lowest BCUT2D eigenvalue weighted by Gasteiger charge is -2.04. The SMILES string of the molecule is O=S(=O)(c1ccc(O)cc1)c1cc2ccccc2nn1. The Balaban J connectivity index is 2.15. The minimum atomic E-state index is -3.73. The predicted molar refractivity (Wildman–Crippen MR) is 73.1 cm³/mol. The first kappa shape index (κ1) is 12.6. The lowest BCUT2D eigenvalue weighted by Crippen LogP contribution is -2.05. The minimum Gasteiger partial charge on any atom is -0.508 e. The summed E-state index contributed by atoms with van der Waals surface area (Å²) in [6.45, 7) is 0. The molecule has 0 atom stereocenters. The molecule has 3 aromatic rings. The van der Waals surface area contributed by atoms with Crippen LogP contribution in [0, 0.1) is 0 Å². The van der Waals surface area contributed by atoms with Crippen molar-refractivity contribution in [2.45, 2.75) is 9.92 Å². The average Bonchev–Trinajstić information content (AvgIpc) is 2.47. The van der Waals surface area contributed by atoms with E-state index >= 15 is 0 Å². The Morgan fingerprint density at radius 1 is 0.900 bits per heavy atom. The molecule has 6 heteroatoms. The van der Waals surface area contributed by atoms with E-state index in [-0.39, 0.29) is 15.7 Å². The van der Waals surface area contributed by atoms with Gasteiger partial charge in [-0.2, -0.15) is 0 Å². The van der Waals surface area contributed by atoms with Crippen molar-refractivity contribution in [3.63, 3.8) is 0 Å². The van der Waals surface area contributed by atoms with Gasteiger partial charge in [0.05, 0.1) is 10.4 Å². The van der Waals surface area contributed by atoms with Gasteiger partial charge in [-0.25, -0.2) is 8.42 Å². The van der Waals surface area contributed by atoms with Crippen molar-refractivity contribution in [2.24, 2.45) is 0 Å². The molecule has 1 aromatic heterocycles. The molecule has 0 unspecified atom stereocenters.